The van der Waals surface area contributed by atoms with Crippen LogP contribution < -0.4 is 4.74 Å². The van der Waals surface area contributed by atoms with E-state index in [9.17, 15) is 13.6 Å². The summed E-state index contributed by atoms with van der Waals surface area (Å²) >= 11 is 3.22. The quantitative estimate of drug-likeness (QED) is 0.843. The van der Waals surface area contributed by atoms with Gasteiger partial charge in [-0.15, -0.1) is 0 Å². The lowest BCUT2D eigenvalue weighted by Crippen LogP contribution is -2.07. The van der Waals surface area contributed by atoms with Gasteiger partial charge < -0.3 is 9.72 Å². The number of hydrogen-bond donors (Lipinski definition) is 1. The lowest BCUT2D eigenvalue weighted by molar-refractivity contribution is 0.0816. The highest BCUT2D eigenvalue weighted by Gasteiger charge is 2.13. The molecule has 2 aromatic rings. The predicted octanol–water partition coefficient (Wildman–Crippen LogP) is 3.67. The Morgan fingerprint density at radius 2 is 2.20 bits per heavy atom. The molecule has 0 atom stereocenters. The summed E-state index contributed by atoms with van der Waals surface area (Å²) in [6.07, 6.45) is -2.78. The second-order valence-electron chi connectivity index (χ2n) is 4.01. The van der Waals surface area contributed by atoms with Crippen LogP contribution in [0.15, 0.2) is 22.7 Å². The molecule has 104 valence electrons. The molecule has 1 heterocycles. The standard InChI is InChI=1S/C13H9BrF2N2O2/c14-8-5-9-7(4-12(8)20-6-13(15)16)3-10(18-9)11(19)1-2-17/h3-5,13,18H,1,6H2. The minimum Gasteiger partial charge on any atom is -0.486 e. The minimum atomic E-state index is -2.56. The minimum absolute atomic E-state index is 0.220. The number of hydrogen-bond acceptors (Lipinski definition) is 3. The number of Topliss-reactive ketones (excluding diaryl/α,β-unsaturated/α-hetero) is 1. The maximum Gasteiger partial charge on any atom is 0.272 e. The van der Waals surface area contributed by atoms with Crippen molar-refractivity contribution in [3.8, 4) is 11.8 Å². The van der Waals surface area contributed by atoms with Crippen LogP contribution >= 0.6 is 15.9 Å². The summed E-state index contributed by atoms with van der Waals surface area (Å²) in [7, 11) is 0. The number of carbonyl (C=O) groups excluding carboxylic acids is 1. The number of alkyl halides is 2. The Kier molecular flexibility index (Phi) is 4.35. The van der Waals surface area contributed by atoms with Crippen LogP contribution in [0.1, 0.15) is 16.9 Å². The van der Waals surface area contributed by atoms with Crippen molar-refractivity contribution in [3.63, 3.8) is 0 Å². The number of aromatic nitrogens is 1. The zero-order valence-electron chi connectivity index (χ0n) is 10.1. The SMILES string of the molecule is N#CCC(=O)c1cc2cc(OCC(F)F)c(Br)cc2[nH]1. The molecule has 2 rings (SSSR count). The van der Waals surface area contributed by atoms with Crippen LogP contribution in [-0.2, 0) is 0 Å². The van der Waals surface area contributed by atoms with E-state index in [2.05, 4.69) is 20.9 Å². The second-order valence-corrected chi connectivity index (χ2v) is 4.87. The van der Waals surface area contributed by atoms with Crippen molar-refractivity contribution >= 4 is 32.6 Å². The predicted molar refractivity (Wildman–Crippen MR) is 72.1 cm³/mol. The molecule has 0 fully saturated rings. The van der Waals surface area contributed by atoms with E-state index in [1.54, 1.807) is 24.3 Å². The number of aromatic amines is 1. The van der Waals surface area contributed by atoms with Crippen LogP contribution in [0.4, 0.5) is 8.78 Å². The number of nitrogens with zero attached hydrogens (tertiary/aromatic N) is 1. The molecule has 0 aliphatic carbocycles. The molecule has 0 radical (unpaired) electrons. The van der Waals surface area contributed by atoms with Crippen LogP contribution in [0.3, 0.4) is 0 Å². The Labute approximate surface area is 121 Å². The van der Waals surface area contributed by atoms with E-state index in [0.29, 0.717) is 21.1 Å². The van der Waals surface area contributed by atoms with E-state index in [-0.39, 0.29) is 18.0 Å². The van der Waals surface area contributed by atoms with Crippen molar-refractivity contribution in [2.75, 3.05) is 6.61 Å². The Hall–Kier alpha value is -1.94. The van der Waals surface area contributed by atoms with Gasteiger partial charge >= 0.3 is 0 Å². The van der Waals surface area contributed by atoms with Gasteiger partial charge in [-0.25, -0.2) is 8.78 Å². The molecule has 0 spiro atoms. The van der Waals surface area contributed by atoms with Gasteiger partial charge in [-0.1, -0.05) is 0 Å². The Morgan fingerprint density at radius 3 is 2.85 bits per heavy atom. The van der Waals surface area contributed by atoms with Crippen molar-refractivity contribution in [1.82, 2.24) is 4.98 Å². The Balaban J connectivity index is 2.33. The average molecular weight is 343 g/mol. The van der Waals surface area contributed by atoms with Gasteiger partial charge in [-0.3, -0.25) is 4.79 Å². The molecular formula is C13H9BrF2N2O2. The molecule has 1 aromatic carbocycles. The van der Waals surface area contributed by atoms with Crippen LogP contribution in [0.5, 0.6) is 5.75 Å². The molecule has 0 saturated carbocycles. The van der Waals surface area contributed by atoms with Gasteiger partial charge in [0, 0.05) is 10.9 Å². The molecule has 0 aliphatic rings. The third kappa shape index (κ3) is 3.14. The molecule has 0 amide bonds. The molecule has 0 saturated heterocycles. The van der Waals surface area contributed by atoms with Gasteiger partial charge in [0.25, 0.3) is 6.43 Å². The van der Waals surface area contributed by atoms with Gasteiger partial charge in [0.05, 0.1) is 16.2 Å². The molecule has 1 aromatic heterocycles. The van der Waals surface area contributed by atoms with Gasteiger partial charge in [0.2, 0.25) is 0 Å². The number of carbonyl (C=O) groups is 1. The van der Waals surface area contributed by atoms with E-state index >= 15 is 0 Å². The van der Waals surface area contributed by atoms with Crippen molar-refractivity contribution in [1.29, 1.82) is 5.26 Å². The van der Waals surface area contributed by atoms with E-state index in [0.717, 1.165) is 0 Å². The normalized spacial score (nSPS) is 10.8. The first-order chi connectivity index (χ1) is 9.51. The number of fused-ring (bicyclic) bond motifs is 1. The fourth-order valence-corrected chi connectivity index (χ4v) is 2.17. The molecule has 20 heavy (non-hydrogen) atoms. The van der Waals surface area contributed by atoms with E-state index in [4.69, 9.17) is 10.00 Å². The third-order valence-corrected chi connectivity index (χ3v) is 3.20. The molecule has 1 N–H and O–H groups in total. The molecule has 7 heteroatoms. The van der Waals surface area contributed by atoms with Crippen LogP contribution in [0.25, 0.3) is 10.9 Å². The molecular weight excluding hydrogens is 334 g/mol. The highest BCUT2D eigenvalue weighted by atomic mass is 79.9. The zero-order chi connectivity index (χ0) is 14.7. The molecule has 0 unspecified atom stereocenters. The van der Waals surface area contributed by atoms with Gasteiger partial charge in [-0.05, 0) is 34.1 Å². The second kappa shape index (κ2) is 6.01. The van der Waals surface area contributed by atoms with E-state index in [1.807, 2.05) is 0 Å². The molecule has 4 nitrogen and oxygen atoms in total. The number of rotatable bonds is 5. The summed E-state index contributed by atoms with van der Waals surface area (Å²) in [6.45, 7) is -0.700. The van der Waals surface area contributed by atoms with Crippen LogP contribution in [-0.4, -0.2) is 23.8 Å². The highest BCUT2D eigenvalue weighted by Crippen LogP contribution is 2.31. The third-order valence-electron chi connectivity index (χ3n) is 2.58. The average Bonchev–Trinajstić information content (AvgIpc) is 2.79. The maximum absolute atomic E-state index is 12.1. The molecule has 0 aliphatic heterocycles. The Morgan fingerprint density at radius 1 is 1.45 bits per heavy atom. The first-order valence-electron chi connectivity index (χ1n) is 5.64. The van der Waals surface area contributed by atoms with Crippen molar-refractivity contribution in [2.45, 2.75) is 12.8 Å². The smallest absolute Gasteiger partial charge is 0.272 e. The summed E-state index contributed by atoms with van der Waals surface area (Å²) in [5, 5.41) is 9.15. The number of benzene rings is 1. The van der Waals surface area contributed by atoms with Crippen LogP contribution in [0.2, 0.25) is 0 Å². The van der Waals surface area contributed by atoms with Crippen molar-refractivity contribution < 1.29 is 18.3 Å². The summed E-state index contributed by atoms with van der Waals surface area (Å²) in [6, 6.07) is 6.54. The maximum atomic E-state index is 12.1. The number of ketones is 1. The molecule has 0 bridgehead atoms. The highest BCUT2D eigenvalue weighted by molar-refractivity contribution is 9.10. The Bertz CT molecular complexity index is 691. The number of halogens is 3. The zero-order valence-corrected chi connectivity index (χ0v) is 11.7. The lowest BCUT2D eigenvalue weighted by atomic mass is 10.2. The van der Waals surface area contributed by atoms with Gasteiger partial charge in [0.15, 0.2) is 5.78 Å². The van der Waals surface area contributed by atoms with E-state index in [1.165, 1.54) is 0 Å². The van der Waals surface area contributed by atoms with Gasteiger partial charge in [0.1, 0.15) is 18.8 Å². The summed E-state index contributed by atoms with van der Waals surface area (Å²) < 4.78 is 29.8. The van der Waals surface area contributed by atoms with Crippen molar-refractivity contribution in [2.24, 2.45) is 0 Å². The van der Waals surface area contributed by atoms with Crippen LogP contribution in [0, 0.1) is 11.3 Å². The number of ether oxygens (including phenoxy) is 1. The first-order valence-corrected chi connectivity index (χ1v) is 6.44. The topological polar surface area (TPSA) is 65.9 Å². The monoisotopic (exact) mass is 342 g/mol. The summed E-state index contributed by atoms with van der Waals surface area (Å²) in [5.74, 6) is -0.0500. The number of H-pyrrole nitrogens is 1. The summed E-state index contributed by atoms with van der Waals surface area (Å²) in [4.78, 5) is 14.5. The number of nitriles is 1. The number of nitrogens with one attached hydrogen (secondary N) is 1. The van der Waals surface area contributed by atoms with Gasteiger partial charge in [-0.2, -0.15) is 5.26 Å². The fourth-order valence-electron chi connectivity index (χ4n) is 1.71. The first kappa shape index (κ1) is 14.5. The van der Waals surface area contributed by atoms with E-state index < -0.39 is 13.0 Å². The largest absolute Gasteiger partial charge is 0.486 e. The lowest BCUT2D eigenvalue weighted by Gasteiger charge is -2.07. The summed E-state index contributed by atoms with van der Waals surface area (Å²) in [5.41, 5.74) is 0.960. The fraction of sp³-hybridized carbons (Fsp3) is 0.231. The van der Waals surface area contributed by atoms with Crippen molar-refractivity contribution in [3.05, 3.63) is 28.4 Å².